The highest BCUT2D eigenvalue weighted by Gasteiger charge is 2.37. The van der Waals surface area contributed by atoms with Crippen molar-refractivity contribution < 1.29 is 19.5 Å². The molecular weight excluding hydrogens is 697 g/mol. The fraction of sp³-hybridized carbons (Fsp3) is 0.390. The van der Waals surface area contributed by atoms with Gasteiger partial charge in [-0.3, -0.25) is 9.59 Å². The maximum atomic E-state index is 13.8. The molecule has 3 aromatic heterocycles. The molecule has 5 aromatic rings. The first kappa shape index (κ1) is 37.3. The van der Waals surface area contributed by atoms with Crippen molar-refractivity contribution in [2.75, 3.05) is 25.0 Å². The molecule has 14 nitrogen and oxygen atoms in total. The first-order valence-electron chi connectivity index (χ1n) is 19.1. The van der Waals surface area contributed by atoms with Gasteiger partial charge in [-0.2, -0.15) is 0 Å². The topological polar surface area (TPSA) is 185 Å². The van der Waals surface area contributed by atoms with Crippen molar-refractivity contribution in [1.82, 2.24) is 45.0 Å². The highest BCUT2D eigenvalue weighted by Crippen LogP contribution is 2.35. The Balaban J connectivity index is 0.978. The monoisotopic (exact) mass is 744 g/mol. The van der Waals surface area contributed by atoms with E-state index in [0.717, 1.165) is 71.0 Å². The van der Waals surface area contributed by atoms with Gasteiger partial charge in [-0.05, 0) is 65.8 Å². The van der Waals surface area contributed by atoms with E-state index in [1.807, 2.05) is 43.0 Å². The molecule has 5 N–H and O–H groups in total. The van der Waals surface area contributed by atoms with Crippen LogP contribution in [0.25, 0.3) is 33.6 Å². The summed E-state index contributed by atoms with van der Waals surface area (Å²) in [6.07, 6.45) is 9.65. The number of aromatic nitrogens is 6. The van der Waals surface area contributed by atoms with E-state index in [2.05, 4.69) is 84.1 Å². The van der Waals surface area contributed by atoms with Gasteiger partial charge in [0, 0.05) is 38.4 Å². The third-order valence-electron chi connectivity index (χ3n) is 10.6. The van der Waals surface area contributed by atoms with Crippen LogP contribution in [0.5, 0.6) is 0 Å². The summed E-state index contributed by atoms with van der Waals surface area (Å²) in [5.74, 6) is 1.97. The Hall–Kier alpha value is -6.05. The predicted molar refractivity (Wildman–Crippen MR) is 209 cm³/mol. The first-order chi connectivity index (χ1) is 26.6. The summed E-state index contributed by atoms with van der Waals surface area (Å²) in [5.41, 5.74) is 5.94. The van der Waals surface area contributed by atoms with Crippen LogP contribution < -0.4 is 10.6 Å². The number of carboxylic acid groups (broad SMARTS) is 1. The number of carbonyl (C=O) groups is 3. The van der Waals surface area contributed by atoms with E-state index < -0.39 is 12.1 Å². The van der Waals surface area contributed by atoms with Crippen molar-refractivity contribution in [3.05, 3.63) is 91.0 Å². The Kier molecular flexibility index (Phi) is 11.2. The molecule has 1 unspecified atom stereocenters. The number of nitrogens with zero attached hydrogens (tertiary/aromatic N) is 6. The number of amides is 3. The van der Waals surface area contributed by atoms with Gasteiger partial charge in [-0.1, -0.05) is 69.3 Å². The largest absolute Gasteiger partial charge is 0.465 e. The van der Waals surface area contributed by atoms with Crippen LogP contribution in [0.2, 0.25) is 0 Å². The molecule has 3 amide bonds. The number of carbonyl (C=O) groups excluding carboxylic acids is 2. The molecule has 5 heterocycles. The predicted octanol–water partition coefficient (Wildman–Crippen LogP) is 6.68. The summed E-state index contributed by atoms with van der Waals surface area (Å²) >= 11 is 0. The van der Waals surface area contributed by atoms with Crippen LogP contribution in [0.15, 0.2) is 79.4 Å². The summed E-state index contributed by atoms with van der Waals surface area (Å²) in [5, 5.41) is 14.5. The maximum absolute atomic E-state index is 13.8. The van der Waals surface area contributed by atoms with Crippen LogP contribution in [-0.2, 0) is 9.59 Å². The van der Waals surface area contributed by atoms with Gasteiger partial charge in [0.1, 0.15) is 17.7 Å². The third-order valence-corrected chi connectivity index (χ3v) is 10.6. The minimum atomic E-state index is -1.08. The molecule has 14 heteroatoms. The molecule has 0 radical (unpaired) electrons. The van der Waals surface area contributed by atoms with E-state index in [-0.39, 0.29) is 48.7 Å². The molecule has 2 fully saturated rings. The number of hydrogen-bond acceptors (Lipinski definition) is 8. The quantitative estimate of drug-likeness (QED) is 0.0877. The third kappa shape index (κ3) is 8.53. The lowest BCUT2D eigenvalue weighted by Gasteiger charge is -2.30. The standard InChI is InChI=1S/C41H48N10O4/c1-25(2)36(49-40-42-17-6-18-43-40)39(53)51-20-5-8-34(51)38-45-24-32(48-38)30-15-11-28(12-16-30)27-9-13-29(14-10-27)31-23-44-37(47-31)33-7-4-19-50(33)35(52)21-26(3)22-46-41(54)55/h6,9-18,23-26,33-34,36,46H,4-5,7-8,19-22H2,1-3H3,(H,44,47)(H,45,48)(H,54,55)(H,42,43,49)/t26?,33-,34-,36-/m0/s1. The summed E-state index contributed by atoms with van der Waals surface area (Å²) in [6, 6.07) is 17.7. The molecule has 286 valence electrons. The van der Waals surface area contributed by atoms with Crippen LogP contribution in [0.4, 0.5) is 10.7 Å². The second kappa shape index (κ2) is 16.5. The Morgan fingerprint density at radius 3 is 1.80 bits per heavy atom. The van der Waals surface area contributed by atoms with Gasteiger partial charge in [0.15, 0.2) is 0 Å². The van der Waals surface area contributed by atoms with Gasteiger partial charge in [0.2, 0.25) is 17.8 Å². The van der Waals surface area contributed by atoms with Crippen molar-refractivity contribution in [2.45, 2.75) is 71.0 Å². The Morgan fingerprint density at radius 2 is 1.27 bits per heavy atom. The van der Waals surface area contributed by atoms with E-state index in [1.54, 1.807) is 18.5 Å². The Morgan fingerprint density at radius 1 is 0.764 bits per heavy atom. The Bertz CT molecular complexity index is 2080. The lowest BCUT2D eigenvalue weighted by atomic mass is 10.0. The van der Waals surface area contributed by atoms with Gasteiger partial charge in [0.05, 0.1) is 35.9 Å². The van der Waals surface area contributed by atoms with Crippen molar-refractivity contribution in [3.8, 4) is 33.6 Å². The van der Waals surface area contributed by atoms with Gasteiger partial charge in [0.25, 0.3) is 0 Å². The lowest BCUT2D eigenvalue weighted by Crippen LogP contribution is -2.45. The fourth-order valence-electron chi connectivity index (χ4n) is 7.61. The number of rotatable bonds is 13. The fourth-order valence-corrected chi connectivity index (χ4v) is 7.61. The number of anilines is 1. The summed E-state index contributed by atoms with van der Waals surface area (Å²) in [7, 11) is 0. The first-order valence-corrected chi connectivity index (χ1v) is 19.1. The van der Waals surface area contributed by atoms with Crippen LogP contribution in [0.1, 0.15) is 76.6 Å². The van der Waals surface area contributed by atoms with Crippen LogP contribution in [0.3, 0.4) is 0 Å². The highest BCUT2D eigenvalue weighted by molar-refractivity contribution is 5.85. The number of imidazole rings is 2. The number of aromatic amines is 2. The van der Waals surface area contributed by atoms with Crippen molar-refractivity contribution in [3.63, 3.8) is 0 Å². The maximum Gasteiger partial charge on any atom is 0.404 e. The minimum Gasteiger partial charge on any atom is -0.465 e. The molecule has 4 atom stereocenters. The molecule has 2 saturated heterocycles. The molecule has 7 rings (SSSR count). The number of H-pyrrole nitrogens is 2. The van der Waals surface area contributed by atoms with Gasteiger partial charge in [-0.15, -0.1) is 0 Å². The molecule has 55 heavy (non-hydrogen) atoms. The summed E-state index contributed by atoms with van der Waals surface area (Å²) in [4.78, 5) is 66.4. The van der Waals surface area contributed by atoms with Gasteiger partial charge in [-0.25, -0.2) is 24.7 Å². The Labute approximate surface area is 320 Å². The summed E-state index contributed by atoms with van der Waals surface area (Å²) in [6.45, 7) is 7.49. The second-order valence-electron chi connectivity index (χ2n) is 14.9. The van der Waals surface area contributed by atoms with E-state index >= 15 is 0 Å². The normalized spacial score (nSPS) is 18.0. The molecule has 0 saturated carbocycles. The van der Waals surface area contributed by atoms with E-state index in [9.17, 15) is 14.4 Å². The molecule has 2 aliphatic rings. The molecule has 0 aliphatic carbocycles. The highest BCUT2D eigenvalue weighted by atomic mass is 16.4. The SMILES string of the molecule is CC(CNC(=O)O)CC(=O)N1CCC[C@H]1c1ncc(-c2ccc(-c3ccc(-c4cnc([C@@H]5CCCN5C(=O)[C@@H](Nc5ncccn5)C(C)C)[nH]4)cc3)cc2)[nH]1. The van der Waals surface area contributed by atoms with E-state index in [0.29, 0.717) is 19.0 Å². The lowest BCUT2D eigenvalue weighted by molar-refractivity contribution is -0.134. The van der Waals surface area contributed by atoms with Crippen LogP contribution in [-0.4, -0.2) is 88.4 Å². The second-order valence-corrected chi connectivity index (χ2v) is 14.9. The average molecular weight is 745 g/mol. The average Bonchev–Trinajstić information content (AvgIpc) is 4.03. The van der Waals surface area contributed by atoms with Gasteiger partial charge >= 0.3 is 6.09 Å². The zero-order chi connectivity index (χ0) is 38.5. The van der Waals surface area contributed by atoms with Crippen molar-refractivity contribution >= 4 is 23.9 Å². The van der Waals surface area contributed by atoms with Crippen molar-refractivity contribution in [1.29, 1.82) is 0 Å². The van der Waals surface area contributed by atoms with Crippen LogP contribution >= 0.6 is 0 Å². The summed E-state index contributed by atoms with van der Waals surface area (Å²) < 4.78 is 0. The zero-order valence-electron chi connectivity index (χ0n) is 31.4. The molecule has 2 aromatic carbocycles. The molecular formula is C41H48N10O4. The number of benzene rings is 2. The zero-order valence-corrected chi connectivity index (χ0v) is 31.4. The minimum absolute atomic E-state index is 0.0133. The van der Waals surface area contributed by atoms with Gasteiger partial charge < -0.3 is 35.5 Å². The number of hydrogen-bond donors (Lipinski definition) is 5. The molecule has 0 bridgehead atoms. The smallest absolute Gasteiger partial charge is 0.404 e. The number of nitrogens with one attached hydrogen (secondary N) is 4. The van der Waals surface area contributed by atoms with Crippen molar-refractivity contribution in [2.24, 2.45) is 11.8 Å². The number of likely N-dealkylation sites (tertiary alicyclic amines) is 2. The molecule has 0 spiro atoms. The van der Waals surface area contributed by atoms with E-state index in [1.165, 1.54) is 0 Å². The molecule has 2 aliphatic heterocycles. The van der Waals surface area contributed by atoms with Crippen LogP contribution in [0, 0.1) is 11.8 Å². The van der Waals surface area contributed by atoms with E-state index in [4.69, 9.17) is 10.1 Å².